The van der Waals surface area contributed by atoms with Crippen LogP contribution in [0.5, 0.6) is 0 Å². The third-order valence-electron chi connectivity index (χ3n) is 4.18. The zero-order valence-corrected chi connectivity index (χ0v) is 10.8. The number of pyridine rings is 1. The summed E-state index contributed by atoms with van der Waals surface area (Å²) in [5.74, 6) is 6.91. The Morgan fingerprint density at radius 1 is 1.47 bits per heavy atom. The lowest BCUT2D eigenvalue weighted by atomic mass is 9.84. The number of aromatic nitrogens is 1. The Hall–Kier alpha value is -0.930. The highest BCUT2D eigenvalue weighted by molar-refractivity contribution is 5.30. The molecule has 3 heteroatoms. The van der Waals surface area contributed by atoms with Crippen LogP contribution >= 0.6 is 0 Å². The average Bonchev–Trinajstić information content (AvgIpc) is 2.79. The normalized spacial score (nSPS) is 20.6. The fourth-order valence-corrected chi connectivity index (χ4v) is 3.17. The van der Waals surface area contributed by atoms with Gasteiger partial charge in [0.2, 0.25) is 0 Å². The standard InChI is InChI=1S/C14H23N3/c1-3-10(4-2)14(17-15)12-8-7-11-6-5-9-16-13(11)12/h5-6,9-10,12,14,17H,3-4,7-8,15H2,1-2H3. The summed E-state index contributed by atoms with van der Waals surface area (Å²) in [6.45, 7) is 4.49. The van der Waals surface area contributed by atoms with E-state index in [2.05, 4.69) is 30.3 Å². The molecular formula is C14H23N3. The minimum atomic E-state index is 0.362. The molecule has 3 nitrogen and oxygen atoms in total. The van der Waals surface area contributed by atoms with Crippen molar-refractivity contribution in [2.24, 2.45) is 11.8 Å². The molecule has 2 unspecified atom stereocenters. The first-order valence-corrected chi connectivity index (χ1v) is 6.71. The van der Waals surface area contributed by atoms with Gasteiger partial charge in [0.25, 0.3) is 0 Å². The van der Waals surface area contributed by atoms with Crippen LogP contribution in [-0.4, -0.2) is 11.0 Å². The Bertz CT molecular complexity index is 360. The van der Waals surface area contributed by atoms with Crippen LogP contribution in [0.4, 0.5) is 0 Å². The number of hydrogen-bond donors (Lipinski definition) is 2. The van der Waals surface area contributed by atoms with Crippen LogP contribution in [0.2, 0.25) is 0 Å². The lowest BCUT2D eigenvalue weighted by molar-refractivity contribution is 0.289. The van der Waals surface area contributed by atoms with Crippen LogP contribution in [-0.2, 0) is 6.42 Å². The van der Waals surface area contributed by atoms with E-state index in [1.807, 2.05) is 12.3 Å². The Morgan fingerprint density at radius 2 is 2.24 bits per heavy atom. The maximum atomic E-state index is 5.78. The van der Waals surface area contributed by atoms with Crippen LogP contribution in [0, 0.1) is 5.92 Å². The summed E-state index contributed by atoms with van der Waals surface area (Å²) in [5.41, 5.74) is 5.72. The molecule has 3 N–H and O–H groups in total. The summed E-state index contributed by atoms with van der Waals surface area (Å²) in [4.78, 5) is 4.56. The third kappa shape index (κ3) is 2.35. The summed E-state index contributed by atoms with van der Waals surface area (Å²) in [7, 11) is 0. The van der Waals surface area contributed by atoms with Crippen molar-refractivity contribution in [3.63, 3.8) is 0 Å². The van der Waals surface area contributed by atoms with E-state index in [1.165, 1.54) is 30.5 Å². The lowest BCUT2D eigenvalue weighted by Crippen LogP contribution is -2.44. The highest BCUT2D eigenvalue weighted by Gasteiger charge is 2.33. The summed E-state index contributed by atoms with van der Waals surface area (Å²) in [6, 6.07) is 4.59. The molecule has 0 spiro atoms. The van der Waals surface area contributed by atoms with E-state index in [9.17, 15) is 0 Å². The summed E-state index contributed by atoms with van der Waals surface area (Å²) >= 11 is 0. The van der Waals surface area contributed by atoms with Gasteiger partial charge in [-0.3, -0.25) is 16.3 Å². The van der Waals surface area contributed by atoms with Crippen molar-refractivity contribution in [3.8, 4) is 0 Å². The topological polar surface area (TPSA) is 50.9 Å². The summed E-state index contributed by atoms with van der Waals surface area (Å²) in [5, 5.41) is 0. The van der Waals surface area contributed by atoms with Gasteiger partial charge in [0, 0.05) is 23.9 Å². The van der Waals surface area contributed by atoms with Gasteiger partial charge >= 0.3 is 0 Å². The molecule has 1 aromatic rings. The van der Waals surface area contributed by atoms with Crippen molar-refractivity contribution in [2.45, 2.75) is 51.5 Å². The van der Waals surface area contributed by atoms with E-state index in [0.29, 0.717) is 17.9 Å². The molecule has 0 aromatic carbocycles. The molecule has 2 atom stereocenters. The van der Waals surface area contributed by atoms with Crippen molar-refractivity contribution in [1.29, 1.82) is 0 Å². The summed E-state index contributed by atoms with van der Waals surface area (Å²) in [6.07, 6.45) is 6.57. The number of rotatable bonds is 5. The number of nitrogens with two attached hydrogens (primary N) is 1. The molecule has 0 amide bonds. The van der Waals surface area contributed by atoms with Gasteiger partial charge in [-0.15, -0.1) is 0 Å². The second kappa shape index (κ2) is 5.61. The van der Waals surface area contributed by atoms with Gasteiger partial charge in [0.05, 0.1) is 0 Å². The second-order valence-corrected chi connectivity index (χ2v) is 4.96. The van der Waals surface area contributed by atoms with Gasteiger partial charge in [-0.2, -0.15) is 0 Å². The Kier molecular flexibility index (Phi) is 4.13. The van der Waals surface area contributed by atoms with Crippen molar-refractivity contribution in [3.05, 3.63) is 29.6 Å². The first-order chi connectivity index (χ1) is 8.31. The van der Waals surface area contributed by atoms with Crippen molar-refractivity contribution < 1.29 is 0 Å². The first-order valence-electron chi connectivity index (χ1n) is 6.71. The van der Waals surface area contributed by atoms with Gasteiger partial charge < -0.3 is 0 Å². The molecule has 1 aliphatic carbocycles. The predicted molar refractivity (Wildman–Crippen MR) is 70.5 cm³/mol. The smallest absolute Gasteiger partial charge is 0.0482 e. The van der Waals surface area contributed by atoms with Crippen LogP contribution in [0.15, 0.2) is 18.3 Å². The molecule has 0 bridgehead atoms. The Labute approximate surface area is 104 Å². The quantitative estimate of drug-likeness (QED) is 0.606. The van der Waals surface area contributed by atoms with Crippen LogP contribution in [0.1, 0.15) is 50.3 Å². The highest BCUT2D eigenvalue weighted by atomic mass is 15.2. The van der Waals surface area contributed by atoms with Gasteiger partial charge in [0.1, 0.15) is 0 Å². The van der Waals surface area contributed by atoms with E-state index >= 15 is 0 Å². The van der Waals surface area contributed by atoms with Crippen molar-refractivity contribution in [1.82, 2.24) is 10.4 Å². The number of nitrogens with one attached hydrogen (secondary N) is 1. The number of fused-ring (bicyclic) bond motifs is 1. The van der Waals surface area contributed by atoms with Gasteiger partial charge in [0.15, 0.2) is 0 Å². The Balaban J connectivity index is 2.22. The first kappa shape index (κ1) is 12.5. The molecular weight excluding hydrogens is 210 g/mol. The highest BCUT2D eigenvalue weighted by Crippen LogP contribution is 2.37. The maximum absolute atomic E-state index is 5.78. The molecule has 0 saturated carbocycles. The largest absolute Gasteiger partial charge is 0.271 e. The monoisotopic (exact) mass is 233 g/mol. The molecule has 0 aliphatic heterocycles. The van der Waals surface area contributed by atoms with Crippen LogP contribution in [0.25, 0.3) is 0 Å². The maximum Gasteiger partial charge on any atom is 0.0482 e. The van der Waals surface area contributed by atoms with E-state index in [-0.39, 0.29) is 0 Å². The van der Waals surface area contributed by atoms with E-state index < -0.39 is 0 Å². The minimum Gasteiger partial charge on any atom is -0.271 e. The molecule has 2 rings (SSSR count). The van der Waals surface area contributed by atoms with E-state index in [4.69, 9.17) is 5.84 Å². The molecule has 0 radical (unpaired) electrons. The zero-order valence-electron chi connectivity index (χ0n) is 10.8. The van der Waals surface area contributed by atoms with Crippen LogP contribution in [0.3, 0.4) is 0 Å². The van der Waals surface area contributed by atoms with Gasteiger partial charge in [-0.1, -0.05) is 32.8 Å². The van der Waals surface area contributed by atoms with Crippen LogP contribution < -0.4 is 11.3 Å². The van der Waals surface area contributed by atoms with Gasteiger partial charge in [-0.05, 0) is 30.4 Å². The molecule has 1 aliphatic rings. The average molecular weight is 233 g/mol. The Morgan fingerprint density at radius 3 is 2.88 bits per heavy atom. The minimum absolute atomic E-state index is 0.362. The predicted octanol–water partition coefficient (Wildman–Crippen LogP) is 2.38. The molecule has 17 heavy (non-hydrogen) atoms. The third-order valence-corrected chi connectivity index (χ3v) is 4.18. The van der Waals surface area contributed by atoms with Gasteiger partial charge in [-0.25, -0.2) is 0 Å². The molecule has 0 fully saturated rings. The molecule has 94 valence electrons. The molecule has 1 aromatic heterocycles. The molecule has 0 saturated heterocycles. The lowest BCUT2D eigenvalue weighted by Gasteiger charge is -2.30. The number of hydrazine groups is 1. The SMILES string of the molecule is CCC(CC)C(NN)C1CCc2cccnc21. The number of nitrogens with zero attached hydrogens (tertiary/aromatic N) is 1. The fraction of sp³-hybridized carbons (Fsp3) is 0.643. The van der Waals surface area contributed by atoms with E-state index in [1.54, 1.807) is 0 Å². The van der Waals surface area contributed by atoms with E-state index in [0.717, 1.165) is 6.42 Å². The van der Waals surface area contributed by atoms with Crippen molar-refractivity contribution in [2.75, 3.05) is 0 Å². The van der Waals surface area contributed by atoms with Crippen molar-refractivity contribution >= 4 is 0 Å². The summed E-state index contributed by atoms with van der Waals surface area (Å²) < 4.78 is 0. The second-order valence-electron chi connectivity index (χ2n) is 4.96. The number of aryl methyl sites for hydroxylation is 1. The molecule has 1 heterocycles. The fourth-order valence-electron chi connectivity index (χ4n) is 3.17. The number of hydrogen-bond acceptors (Lipinski definition) is 3. The zero-order chi connectivity index (χ0) is 12.3.